The molecule has 0 aromatic carbocycles. The first-order valence-electron chi connectivity index (χ1n) is 5.40. The van der Waals surface area contributed by atoms with E-state index in [2.05, 4.69) is 6.92 Å². The molecule has 2 amide bonds. The molecule has 78 valence electrons. The van der Waals surface area contributed by atoms with Crippen LogP contribution >= 0.6 is 0 Å². The summed E-state index contributed by atoms with van der Waals surface area (Å²) in [5, 5.41) is 0. The third-order valence-corrected chi connectivity index (χ3v) is 3.72. The molecule has 0 aromatic heterocycles. The van der Waals surface area contributed by atoms with Crippen LogP contribution < -0.4 is 0 Å². The van der Waals surface area contributed by atoms with Crippen molar-refractivity contribution in [1.82, 2.24) is 4.90 Å². The molecule has 1 heterocycles. The number of carbonyl (C=O) groups is 2. The third-order valence-electron chi connectivity index (χ3n) is 3.72. The highest BCUT2D eigenvalue weighted by Crippen LogP contribution is 2.39. The summed E-state index contributed by atoms with van der Waals surface area (Å²) in [6.45, 7) is 2.23. The Balaban J connectivity index is 2.06. The molecule has 14 heavy (non-hydrogen) atoms. The first-order valence-corrected chi connectivity index (χ1v) is 5.40. The molecule has 3 atom stereocenters. The summed E-state index contributed by atoms with van der Waals surface area (Å²) in [4.78, 5) is 24.4. The van der Waals surface area contributed by atoms with Crippen LogP contribution in [0.2, 0.25) is 0 Å². The average Bonchev–Trinajstić information content (AvgIpc) is 2.66. The van der Waals surface area contributed by atoms with Crippen LogP contribution in [0.5, 0.6) is 0 Å². The van der Waals surface area contributed by atoms with Crippen molar-refractivity contribution in [1.29, 1.82) is 0 Å². The van der Waals surface area contributed by atoms with Crippen LogP contribution in [-0.2, 0) is 9.59 Å². The quantitative estimate of drug-likeness (QED) is 0.593. The molecular weight excluding hydrogens is 178 g/mol. The van der Waals surface area contributed by atoms with Gasteiger partial charge < -0.3 is 0 Å². The number of amides is 2. The fourth-order valence-electron chi connectivity index (χ4n) is 2.77. The van der Waals surface area contributed by atoms with E-state index in [1.54, 1.807) is 7.05 Å². The molecule has 2 aliphatic rings. The van der Waals surface area contributed by atoms with E-state index in [4.69, 9.17) is 0 Å². The van der Waals surface area contributed by atoms with E-state index in [0.717, 1.165) is 18.8 Å². The third kappa shape index (κ3) is 1.45. The summed E-state index contributed by atoms with van der Waals surface area (Å²) in [6, 6.07) is 0. The molecule has 2 rings (SSSR count). The molecular formula is C11H17NO2. The minimum atomic E-state index is -0.00236. The lowest BCUT2D eigenvalue weighted by Gasteiger charge is -2.15. The monoisotopic (exact) mass is 195 g/mol. The van der Waals surface area contributed by atoms with E-state index in [1.165, 1.54) is 11.3 Å². The highest BCUT2D eigenvalue weighted by molar-refractivity contribution is 6.03. The molecule has 0 radical (unpaired) electrons. The maximum Gasteiger partial charge on any atom is 0.232 e. The second-order valence-corrected chi connectivity index (χ2v) is 4.78. The minimum absolute atomic E-state index is 0.000414. The molecule has 3 heteroatoms. The predicted octanol–water partition coefficient (Wildman–Crippen LogP) is 1.43. The SMILES string of the molecule is C[C@@H]1CC[C@H]([C@@H]2CC(=O)N(C)C2=O)C1. The Labute approximate surface area is 84.5 Å². The van der Waals surface area contributed by atoms with Gasteiger partial charge in [0.1, 0.15) is 0 Å². The van der Waals surface area contributed by atoms with Crippen molar-refractivity contribution in [2.24, 2.45) is 17.8 Å². The van der Waals surface area contributed by atoms with Crippen LogP contribution in [-0.4, -0.2) is 23.8 Å². The molecule has 0 aromatic rings. The first kappa shape index (κ1) is 9.69. The van der Waals surface area contributed by atoms with Crippen LogP contribution in [0.3, 0.4) is 0 Å². The van der Waals surface area contributed by atoms with Gasteiger partial charge in [0.15, 0.2) is 0 Å². The number of carbonyl (C=O) groups excluding carboxylic acids is 2. The van der Waals surface area contributed by atoms with Gasteiger partial charge in [0.05, 0.1) is 5.92 Å². The maximum atomic E-state index is 11.7. The Hall–Kier alpha value is -0.860. The molecule has 0 bridgehead atoms. The fraction of sp³-hybridized carbons (Fsp3) is 0.818. The Morgan fingerprint density at radius 2 is 2.00 bits per heavy atom. The predicted molar refractivity (Wildman–Crippen MR) is 52.4 cm³/mol. The van der Waals surface area contributed by atoms with Gasteiger partial charge >= 0.3 is 0 Å². The van der Waals surface area contributed by atoms with Gasteiger partial charge in [-0.1, -0.05) is 13.3 Å². The Morgan fingerprint density at radius 3 is 2.43 bits per heavy atom. The van der Waals surface area contributed by atoms with Gasteiger partial charge in [0, 0.05) is 13.5 Å². The molecule has 0 spiro atoms. The lowest BCUT2D eigenvalue weighted by molar-refractivity contribution is -0.138. The van der Waals surface area contributed by atoms with E-state index in [9.17, 15) is 9.59 Å². The van der Waals surface area contributed by atoms with Gasteiger partial charge in [0.25, 0.3) is 0 Å². The van der Waals surface area contributed by atoms with Crippen LogP contribution in [0.25, 0.3) is 0 Å². The number of likely N-dealkylation sites (tertiary alicyclic amines) is 1. The zero-order valence-corrected chi connectivity index (χ0v) is 8.82. The average molecular weight is 195 g/mol. The van der Waals surface area contributed by atoms with Crippen molar-refractivity contribution in [2.45, 2.75) is 32.6 Å². The van der Waals surface area contributed by atoms with Crippen LogP contribution in [0, 0.1) is 17.8 Å². The summed E-state index contributed by atoms with van der Waals surface area (Å²) in [5.74, 6) is 1.24. The van der Waals surface area contributed by atoms with Crippen LogP contribution in [0.1, 0.15) is 32.6 Å². The molecule has 2 fully saturated rings. The minimum Gasteiger partial charge on any atom is -0.285 e. The lowest BCUT2D eigenvalue weighted by Crippen LogP contribution is -2.27. The number of imide groups is 1. The number of rotatable bonds is 1. The van der Waals surface area contributed by atoms with Gasteiger partial charge in [-0.3, -0.25) is 14.5 Å². The smallest absolute Gasteiger partial charge is 0.232 e. The zero-order chi connectivity index (χ0) is 10.3. The molecule has 0 unspecified atom stereocenters. The van der Waals surface area contributed by atoms with Crippen molar-refractivity contribution >= 4 is 11.8 Å². The second-order valence-electron chi connectivity index (χ2n) is 4.78. The maximum absolute atomic E-state index is 11.7. The van der Waals surface area contributed by atoms with Gasteiger partial charge in [-0.2, -0.15) is 0 Å². The van der Waals surface area contributed by atoms with Crippen molar-refractivity contribution in [2.75, 3.05) is 7.05 Å². The molecule has 0 N–H and O–H groups in total. The summed E-state index contributed by atoms with van der Waals surface area (Å²) in [6.07, 6.45) is 3.91. The van der Waals surface area contributed by atoms with Gasteiger partial charge in [0.2, 0.25) is 11.8 Å². The molecule has 1 saturated carbocycles. The van der Waals surface area contributed by atoms with Gasteiger partial charge in [-0.05, 0) is 24.7 Å². The van der Waals surface area contributed by atoms with E-state index in [-0.39, 0.29) is 17.7 Å². The summed E-state index contributed by atoms with van der Waals surface area (Å²) in [5.41, 5.74) is 0. The highest BCUT2D eigenvalue weighted by atomic mass is 16.2. The van der Waals surface area contributed by atoms with Crippen molar-refractivity contribution < 1.29 is 9.59 Å². The summed E-state index contributed by atoms with van der Waals surface area (Å²) >= 11 is 0. The van der Waals surface area contributed by atoms with Gasteiger partial charge in [-0.25, -0.2) is 0 Å². The lowest BCUT2D eigenvalue weighted by atomic mass is 9.89. The zero-order valence-electron chi connectivity index (χ0n) is 8.82. The van der Waals surface area contributed by atoms with E-state index in [0.29, 0.717) is 12.3 Å². The highest BCUT2D eigenvalue weighted by Gasteiger charge is 2.42. The second kappa shape index (κ2) is 3.37. The Kier molecular flexibility index (Phi) is 2.33. The summed E-state index contributed by atoms with van der Waals surface area (Å²) < 4.78 is 0. The van der Waals surface area contributed by atoms with E-state index < -0.39 is 0 Å². The summed E-state index contributed by atoms with van der Waals surface area (Å²) in [7, 11) is 1.60. The van der Waals surface area contributed by atoms with Crippen LogP contribution in [0.4, 0.5) is 0 Å². The Bertz CT molecular complexity index is 274. The van der Waals surface area contributed by atoms with Crippen molar-refractivity contribution in [3.05, 3.63) is 0 Å². The number of hydrogen-bond acceptors (Lipinski definition) is 2. The van der Waals surface area contributed by atoms with Crippen LogP contribution in [0.15, 0.2) is 0 Å². The van der Waals surface area contributed by atoms with E-state index >= 15 is 0 Å². The van der Waals surface area contributed by atoms with Gasteiger partial charge in [-0.15, -0.1) is 0 Å². The normalized spacial score (nSPS) is 38.4. The Morgan fingerprint density at radius 1 is 1.29 bits per heavy atom. The first-order chi connectivity index (χ1) is 6.59. The van der Waals surface area contributed by atoms with Crippen molar-refractivity contribution in [3.8, 4) is 0 Å². The topological polar surface area (TPSA) is 37.4 Å². The van der Waals surface area contributed by atoms with Crippen molar-refractivity contribution in [3.63, 3.8) is 0 Å². The molecule has 1 aliphatic carbocycles. The van der Waals surface area contributed by atoms with E-state index in [1.807, 2.05) is 0 Å². The largest absolute Gasteiger partial charge is 0.285 e. The molecule has 1 aliphatic heterocycles. The number of hydrogen-bond donors (Lipinski definition) is 0. The fourth-order valence-corrected chi connectivity index (χ4v) is 2.77. The molecule has 3 nitrogen and oxygen atoms in total. The number of nitrogens with zero attached hydrogens (tertiary/aromatic N) is 1. The molecule has 1 saturated heterocycles. The standard InChI is InChI=1S/C11H17NO2/c1-7-3-4-8(5-7)9-6-10(13)12(2)11(9)14/h7-9H,3-6H2,1-2H3/t7-,8+,9+/m1/s1.